The first-order valence-corrected chi connectivity index (χ1v) is 17.6. The minimum absolute atomic E-state index is 0.0211. The molecule has 5 N–H and O–H groups in total. The summed E-state index contributed by atoms with van der Waals surface area (Å²) in [5.41, 5.74) is 2.45. The average molecular weight is 766 g/mol. The minimum Gasteiger partial charge on any atom is -0.447 e. The second kappa shape index (κ2) is 17.6. The molecule has 0 radical (unpaired) electrons. The lowest BCUT2D eigenvalue weighted by molar-refractivity contribution is -0.124. The molecule has 0 spiro atoms. The second-order valence-corrected chi connectivity index (χ2v) is 13.1. The van der Waals surface area contributed by atoms with E-state index in [0.717, 1.165) is 16.5 Å². The molecule has 5 aromatic rings. The van der Waals surface area contributed by atoms with Crippen molar-refractivity contribution in [2.75, 3.05) is 25.0 Å². The maximum atomic E-state index is 13.9. The van der Waals surface area contributed by atoms with Crippen LogP contribution in [0.5, 0.6) is 0 Å². The zero-order valence-corrected chi connectivity index (χ0v) is 29.8. The van der Waals surface area contributed by atoms with Crippen molar-refractivity contribution in [1.82, 2.24) is 35.8 Å². The van der Waals surface area contributed by atoms with Gasteiger partial charge in [0.25, 0.3) is 0 Å². The Morgan fingerprint density at radius 3 is 2.42 bits per heavy atom. The van der Waals surface area contributed by atoms with Gasteiger partial charge in [0, 0.05) is 37.8 Å². The zero-order valence-electron chi connectivity index (χ0n) is 28.3. The standard InChI is InChI=1S/C37H36Cl2F2N8O4/c38-34-24(7-3-9-27(34)40)14-42-19-33(50)47-26(20-53-37(52)48-32-13-22-5-1-2-6-23(22)15-44-32)11-12-29-30-17-43-18-31(49(30)21-46-29)36(51)45-16-25-8-4-10-28(41)35(25)39/h1-10,13,15,21,26,31,42-43H,11-12,14,16-20H2,(H,45,51)(H,47,50)(H,44,48,52)/t26-,31?/m0/s1. The molecule has 0 fully saturated rings. The monoisotopic (exact) mass is 764 g/mol. The van der Waals surface area contributed by atoms with Crippen LogP contribution >= 0.6 is 23.2 Å². The summed E-state index contributed by atoms with van der Waals surface area (Å²) in [5.74, 6) is -1.48. The number of hydrogen-bond acceptors (Lipinski definition) is 8. The number of ether oxygens (including phenoxy) is 1. The predicted octanol–water partition coefficient (Wildman–Crippen LogP) is 5.43. The SMILES string of the molecule is O=C(CNCc1cccc(F)c1Cl)N[C@@H](CCc1ncn2c1CNCC2C(=O)NCc1cccc(F)c1Cl)COC(=O)Nc1cc2ccccc2cn1. The van der Waals surface area contributed by atoms with Crippen LogP contribution in [0, 0.1) is 11.6 Å². The molecule has 276 valence electrons. The fraction of sp³-hybridized carbons (Fsp3) is 0.270. The first-order valence-electron chi connectivity index (χ1n) is 16.8. The van der Waals surface area contributed by atoms with Crippen molar-refractivity contribution in [2.45, 2.75) is 44.6 Å². The van der Waals surface area contributed by atoms with Crippen LogP contribution in [-0.4, -0.2) is 58.2 Å². The molecule has 2 aromatic heterocycles. The van der Waals surface area contributed by atoms with Gasteiger partial charge in [0.1, 0.15) is 30.1 Å². The van der Waals surface area contributed by atoms with E-state index in [1.807, 2.05) is 24.3 Å². The third-order valence-electron chi connectivity index (χ3n) is 8.74. The van der Waals surface area contributed by atoms with E-state index in [9.17, 15) is 23.2 Å². The summed E-state index contributed by atoms with van der Waals surface area (Å²) in [6.45, 7) is 0.743. The highest BCUT2D eigenvalue weighted by molar-refractivity contribution is 6.31. The summed E-state index contributed by atoms with van der Waals surface area (Å²) in [7, 11) is 0. The number of imidazole rings is 1. The molecule has 53 heavy (non-hydrogen) atoms. The van der Waals surface area contributed by atoms with Crippen molar-refractivity contribution in [2.24, 2.45) is 0 Å². The maximum Gasteiger partial charge on any atom is 0.412 e. The van der Waals surface area contributed by atoms with Gasteiger partial charge in [0.15, 0.2) is 0 Å². The molecule has 1 unspecified atom stereocenters. The van der Waals surface area contributed by atoms with Gasteiger partial charge in [-0.25, -0.2) is 23.5 Å². The van der Waals surface area contributed by atoms with Gasteiger partial charge >= 0.3 is 6.09 Å². The maximum absolute atomic E-state index is 13.9. The smallest absolute Gasteiger partial charge is 0.412 e. The number of aromatic nitrogens is 3. The highest BCUT2D eigenvalue weighted by Gasteiger charge is 2.28. The summed E-state index contributed by atoms with van der Waals surface area (Å²) in [6.07, 6.45) is 3.21. The Morgan fingerprint density at radius 2 is 1.66 bits per heavy atom. The molecule has 3 aromatic carbocycles. The molecule has 1 aliphatic rings. The van der Waals surface area contributed by atoms with E-state index in [1.165, 1.54) is 24.3 Å². The van der Waals surface area contributed by atoms with Gasteiger partial charge in [-0.15, -0.1) is 0 Å². The number of fused-ring (bicyclic) bond motifs is 2. The minimum atomic E-state index is -0.747. The number of hydrogen-bond donors (Lipinski definition) is 5. The quantitative estimate of drug-likeness (QED) is 0.100. The van der Waals surface area contributed by atoms with Crippen molar-refractivity contribution in [1.29, 1.82) is 0 Å². The summed E-state index contributed by atoms with van der Waals surface area (Å²) < 4.78 is 35.1. The lowest BCUT2D eigenvalue weighted by Crippen LogP contribution is -2.44. The zero-order chi connectivity index (χ0) is 37.3. The van der Waals surface area contributed by atoms with E-state index in [-0.39, 0.29) is 48.1 Å². The summed E-state index contributed by atoms with van der Waals surface area (Å²) in [6, 6.07) is 16.9. The molecule has 0 saturated heterocycles. The number of aryl methyl sites for hydroxylation is 1. The summed E-state index contributed by atoms with van der Waals surface area (Å²) in [5, 5.41) is 16.3. The first-order chi connectivity index (χ1) is 25.7. The van der Waals surface area contributed by atoms with Crippen LogP contribution in [0.2, 0.25) is 10.0 Å². The molecular weight excluding hydrogens is 729 g/mol. The Morgan fingerprint density at radius 1 is 0.943 bits per heavy atom. The van der Waals surface area contributed by atoms with Gasteiger partial charge in [-0.1, -0.05) is 71.7 Å². The van der Waals surface area contributed by atoms with Crippen LogP contribution in [0.25, 0.3) is 10.8 Å². The van der Waals surface area contributed by atoms with Crippen molar-refractivity contribution >= 4 is 57.7 Å². The van der Waals surface area contributed by atoms with Crippen LogP contribution < -0.4 is 26.6 Å². The third-order valence-corrected chi connectivity index (χ3v) is 9.59. The number of rotatable bonds is 14. The number of carbonyl (C=O) groups is 3. The molecule has 3 heterocycles. The molecule has 1 aliphatic heterocycles. The molecule has 12 nitrogen and oxygen atoms in total. The van der Waals surface area contributed by atoms with Gasteiger partial charge in [-0.2, -0.15) is 0 Å². The summed E-state index contributed by atoms with van der Waals surface area (Å²) in [4.78, 5) is 47.9. The Labute approximate surface area is 313 Å². The van der Waals surface area contributed by atoms with Crippen LogP contribution in [-0.2, 0) is 40.4 Å². The van der Waals surface area contributed by atoms with Crippen LogP contribution in [0.4, 0.5) is 19.4 Å². The van der Waals surface area contributed by atoms with Crippen molar-refractivity contribution in [3.63, 3.8) is 0 Å². The molecule has 6 rings (SSSR count). The fourth-order valence-electron chi connectivity index (χ4n) is 5.98. The lowest BCUT2D eigenvalue weighted by Gasteiger charge is -2.26. The predicted molar refractivity (Wildman–Crippen MR) is 196 cm³/mol. The topological polar surface area (TPSA) is 151 Å². The lowest BCUT2D eigenvalue weighted by atomic mass is 10.1. The number of nitrogens with one attached hydrogen (secondary N) is 5. The molecule has 0 aliphatic carbocycles. The number of carbonyl (C=O) groups excluding carboxylic acids is 3. The van der Waals surface area contributed by atoms with Gasteiger partial charge in [-0.3, -0.25) is 14.9 Å². The van der Waals surface area contributed by atoms with Gasteiger partial charge in [-0.05, 0) is 47.6 Å². The molecule has 16 heteroatoms. The van der Waals surface area contributed by atoms with Gasteiger partial charge in [0.05, 0.1) is 40.3 Å². The number of amides is 3. The Balaban J connectivity index is 1.08. The number of pyridine rings is 1. The third kappa shape index (κ3) is 9.64. The molecule has 0 bridgehead atoms. The summed E-state index contributed by atoms with van der Waals surface area (Å²) >= 11 is 12.1. The average Bonchev–Trinajstić information content (AvgIpc) is 3.58. The molecule has 2 atom stereocenters. The van der Waals surface area contributed by atoms with Crippen LogP contribution in [0.15, 0.2) is 79.3 Å². The largest absolute Gasteiger partial charge is 0.447 e. The van der Waals surface area contributed by atoms with E-state index in [0.29, 0.717) is 48.6 Å². The number of anilines is 1. The normalized spacial score (nSPS) is 14.3. The second-order valence-electron chi connectivity index (χ2n) is 12.4. The van der Waals surface area contributed by atoms with Crippen LogP contribution in [0.3, 0.4) is 0 Å². The van der Waals surface area contributed by atoms with E-state index >= 15 is 0 Å². The van der Waals surface area contributed by atoms with Crippen molar-refractivity contribution < 1.29 is 27.9 Å². The van der Waals surface area contributed by atoms with Crippen molar-refractivity contribution in [3.05, 3.63) is 123 Å². The van der Waals surface area contributed by atoms with E-state index < -0.39 is 29.8 Å². The molecule has 3 amide bonds. The number of benzene rings is 3. The van der Waals surface area contributed by atoms with Gasteiger partial charge < -0.3 is 30.6 Å². The van der Waals surface area contributed by atoms with Crippen LogP contribution in [0.1, 0.15) is 35.0 Å². The fourth-order valence-corrected chi connectivity index (χ4v) is 6.36. The Bertz CT molecular complexity index is 2120. The van der Waals surface area contributed by atoms with Gasteiger partial charge in [0.2, 0.25) is 11.8 Å². The first kappa shape index (κ1) is 37.6. The highest BCUT2D eigenvalue weighted by atomic mass is 35.5. The Hall–Kier alpha value is -5.15. The number of nitrogens with zero attached hydrogens (tertiary/aromatic N) is 3. The highest BCUT2D eigenvalue weighted by Crippen LogP contribution is 2.23. The number of halogens is 4. The van der Waals surface area contributed by atoms with E-state index in [1.54, 1.807) is 35.3 Å². The molecular formula is C37H36Cl2F2N8O4. The van der Waals surface area contributed by atoms with E-state index in [2.05, 4.69) is 36.6 Å². The van der Waals surface area contributed by atoms with E-state index in [4.69, 9.17) is 27.9 Å². The van der Waals surface area contributed by atoms with Crippen molar-refractivity contribution in [3.8, 4) is 0 Å². The Kier molecular flexibility index (Phi) is 12.5. The molecule has 0 saturated carbocycles.